The number of anilines is 1. The molecule has 0 amide bonds. The lowest BCUT2D eigenvalue weighted by atomic mass is 10.1. The van der Waals surface area contributed by atoms with Crippen molar-refractivity contribution in [1.29, 1.82) is 0 Å². The highest BCUT2D eigenvalue weighted by atomic mass is 19.1. The first-order chi connectivity index (χ1) is 9.61. The Kier molecular flexibility index (Phi) is 3.40. The van der Waals surface area contributed by atoms with Gasteiger partial charge in [0.2, 0.25) is 0 Å². The maximum absolute atomic E-state index is 13.2. The van der Waals surface area contributed by atoms with Crippen molar-refractivity contribution < 1.29 is 8.78 Å². The van der Waals surface area contributed by atoms with Crippen molar-refractivity contribution in [3.05, 3.63) is 35.9 Å². The molecule has 1 atom stereocenters. The predicted molar refractivity (Wildman–Crippen MR) is 73.4 cm³/mol. The smallest absolute Gasteiger partial charge is 0.151 e. The van der Waals surface area contributed by atoms with Gasteiger partial charge in [-0.2, -0.15) is 5.10 Å². The first-order valence-electron chi connectivity index (χ1n) is 6.64. The Bertz CT molecular complexity index is 591. The topological polar surface area (TPSA) is 57.9 Å². The van der Waals surface area contributed by atoms with Gasteiger partial charge in [-0.15, -0.1) is 0 Å². The van der Waals surface area contributed by atoms with Gasteiger partial charge >= 0.3 is 0 Å². The van der Waals surface area contributed by atoms with Crippen LogP contribution in [0.3, 0.4) is 0 Å². The van der Waals surface area contributed by atoms with Crippen molar-refractivity contribution in [2.24, 2.45) is 5.73 Å². The summed E-state index contributed by atoms with van der Waals surface area (Å²) in [6.45, 7) is 1.65. The monoisotopic (exact) mass is 278 g/mol. The Balaban J connectivity index is 1.86. The first kappa shape index (κ1) is 13.1. The molecule has 1 aliphatic heterocycles. The standard InChI is InChI=1S/C14H16F2N4/c15-10-4-9(5-11(16)6-10)13-7-14(19-18-13)20-3-1-2-12(17)8-20/h4-7,12H,1-3,8,17H2,(H,18,19). The molecule has 0 radical (unpaired) electrons. The average molecular weight is 278 g/mol. The summed E-state index contributed by atoms with van der Waals surface area (Å²) in [6, 6.07) is 5.36. The Morgan fingerprint density at radius 2 is 1.95 bits per heavy atom. The lowest BCUT2D eigenvalue weighted by Gasteiger charge is -2.30. The lowest BCUT2D eigenvalue weighted by Crippen LogP contribution is -2.43. The van der Waals surface area contributed by atoms with Crippen LogP contribution in [0.2, 0.25) is 0 Å². The second-order valence-electron chi connectivity index (χ2n) is 5.15. The number of piperidine rings is 1. The molecular weight excluding hydrogens is 262 g/mol. The molecule has 2 heterocycles. The molecule has 0 saturated carbocycles. The van der Waals surface area contributed by atoms with Gasteiger partial charge in [-0.3, -0.25) is 5.10 Å². The molecule has 3 N–H and O–H groups in total. The van der Waals surface area contributed by atoms with Crippen LogP contribution in [0, 0.1) is 11.6 Å². The van der Waals surface area contributed by atoms with Crippen molar-refractivity contribution in [3.8, 4) is 11.3 Å². The van der Waals surface area contributed by atoms with E-state index in [1.54, 1.807) is 6.07 Å². The SMILES string of the molecule is NC1CCCN(c2cc(-c3cc(F)cc(F)c3)[nH]n2)C1. The van der Waals surface area contributed by atoms with Crippen LogP contribution in [0.25, 0.3) is 11.3 Å². The minimum Gasteiger partial charge on any atom is -0.354 e. The zero-order chi connectivity index (χ0) is 14.1. The maximum Gasteiger partial charge on any atom is 0.151 e. The number of benzene rings is 1. The molecular formula is C14H16F2N4. The summed E-state index contributed by atoms with van der Waals surface area (Å²) >= 11 is 0. The molecule has 1 aromatic heterocycles. The number of hydrogen-bond donors (Lipinski definition) is 2. The molecule has 1 fully saturated rings. The van der Waals surface area contributed by atoms with Gasteiger partial charge in [0.25, 0.3) is 0 Å². The summed E-state index contributed by atoms with van der Waals surface area (Å²) in [6.07, 6.45) is 2.04. The van der Waals surface area contributed by atoms with Gasteiger partial charge in [0.1, 0.15) is 11.6 Å². The van der Waals surface area contributed by atoms with Crippen molar-refractivity contribution in [3.63, 3.8) is 0 Å². The van der Waals surface area contributed by atoms with E-state index in [4.69, 9.17) is 5.73 Å². The molecule has 0 bridgehead atoms. The van der Waals surface area contributed by atoms with Crippen molar-refractivity contribution in [1.82, 2.24) is 10.2 Å². The highest BCUT2D eigenvalue weighted by molar-refractivity contribution is 5.63. The molecule has 6 heteroatoms. The number of hydrogen-bond acceptors (Lipinski definition) is 3. The van der Waals surface area contributed by atoms with E-state index in [-0.39, 0.29) is 6.04 Å². The summed E-state index contributed by atoms with van der Waals surface area (Å²) in [5.74, 6) is -0.438. The molecule has 1 aromatic carbocycles. The number of nitrogens with zero attached hydrogens (tertiary/aromatic N) is 2. The Labute approximate surface area is 115 Å². The van der Waals surface area contributed by atoms with Crippen LogP contribution in [0.1, 0.15) is 12.8 Å². The van der Waals surface area contributed by atoms with Gasteiger partial charge in [-0.1, -0.05) is 0 Å². The van der Waals surface area contributed by atoms with Gasteiger partial charge < -0.3 is 10.6 Å². The van der Waals surface area contributed by atoms with Gasteiger partial charge in [0, 0.05) is 36.8 Å². The van der Waals surface area contributed by atoms with Crippen LogP contribution in [0.5, 0.6) is 0 Å². The van der Waals surface area contributed by atoms with Gasteiger partial charge in [0.05, 0.1) is 5.69 Å². The fourth-order valence-electron chi connectivity index (χ4n) is 2.55. The van der Waals surface area contributed by atoms with E-state index in [0.29, 0.717) is 11.3 Å². The number of halogens is 2. The third kappa shape index (κ3) is 2.65. The third-order valence-corrected chi connectivity index (χ3v) is 3.52. The highest BCUT2D eigenvalue weighted by Crippen LogP contribution is 2.25. The third-order valence-electron chi connectivity index (χ3n) is 3.52. The number of H-pyrrole nitrogens is 1. The Morgan fingerprint density at radius 1 is 1.20 bits per heavy atom. The maximum atomic E-state index is 13.2. The zero-order valence-corrected chi connectivity index (χ0v) is 10.9. The van der Waals surface area contributed by atoms with Crippen LogP contribution in [0.15, 0.2) is 24.3 Å². The largest absolute Gasteiger partial charge is 0.354 e. The number of aromatic amines is 1. The molecule has 106 valence electrons. The fourth-order valence-corrected chi connectivity index (χ4v) is 2.55. The quantitative estimate of drug-likeness (QED) is 0.886. The molecule has 0 aliphatic carbocycles. The summed E-state index contributed by atoms with van der Waals surface area (Å²) in [4.78, 5) is 2.09. The second-order valence-corrected chi connectivity index (χ2v) is 5.15. The van der Waals surface area contributed by atoms with E-state index in [1.165, 1.54) is 12.1 Å². The fraction of sp³-hybridized carbons (Fsp3) is 0.357. The second kappa shape index (κ2) is 5.20. The van der Waals surface area contributed by atoms with Crippen LogP contribution >= 0.6 is 0 Å². The van der Waals surface area contributed by atoms with Crippen molar-refractivity contribution >= 4 is 5.82 Å². The van der Waals surface area contributed by atoms with Crippen LogP contribution in [0.4, 0.5) is 14.6 Å². The number of aromatic nitrogens is 2. The number of nitrogens with two attached hydrogens (primary N) is 1. The molecule has 1 saturated heterocycles. The lowest BCUT2D eigenvalue weighted by molar-refractivity contribution is 0.503. The zero-order valence-electron chi connectivity index (χ0n) is 10.9. The first-order valence-corrected chi connectivity index (χ1v) is 6.64. The normalized spacial score (nSPS) is 19.4. The number of rotatable bonds is 2. The van der Waals surface area contributed by atoms with Gasteiger partial charge in [-0.25, -0.2) is 8.78 Å². The Morgan fingerprint density at radius 3 is 2.65 bits per heavy atom. The number of nitrogens with one attached hydrogen (secondary N) is 1. The molecule has 0 spiro atoms. The van der Waals surface area contributed by atoms with Crippen LogP contribution < -0.4 is 10.6 Å². The summed E-state index contributed by atoms with van der Waals surface area (Å²) < 4.78 is 26.5. The van der Waals surface area contributed by atoms with E-state index < -0.39 is 11.6 Å². The average Bonchev–Trinajstić information content (AvgIpc) is 2.87. The van der Waals surface area contributed by atoms with E-state index in [2.05, 4.69) is 15.1 Å². The van der Waals surface area contributed by atoms with Crippen molar-refractivity contribution in [2.45, 2.75) is 18.9 Å². The van der Waals surface area contributed by atoms with E-state index in [0.717, 1.165) is 37.8 Å². The van der Waals surface area contributed by atoms with E-state index in [9.17, 15) is 8.78 Å². The summed E-state index contributed by atoms with van der Waals surface area (Å²) in [5.41, 5.74) is 6.98. The molecule has 4 nitrogen and oxygen atoms in total. The molecule has 2 aromatic rings. The summed E-state index contributed by atoms with van der Waals surface area (Å²) in [5, 5.41) is 7.03. The molecule has 20 heavy (non-hydrogen) atoms. The van der Waals surface area contributed by atoms with Crippen molar-refractivity contribution in [2.75, 3.05) is 18.0 Å². The van der Waals surface area contributed by atoms with E-state index >= 15 is 0 Å². The minimum atomic E-state index is -0.601. The minimum absolute atomic E-state index is 0.149. The molecule has 1 unspecified atom stereocenters. The van der Waals surface area contributed by atoms with Crippen LogP contribution in [-0.2, 0) is 0 Å². The predicted octanol–water partition coefficient (Wildman–Crippen LogP) is 2.28. The van der Waals surface area contributed by atoms with E-state index in [1.807, 2.05) is 0 Å². The molecule has 1 aliphatic rings. The highest BCUT2D eigenvalue weighted by Gasteiger charge is 2.19. The van der Waals surface area contributed by atoms with Crippen LogP contribution in [-0.4, -0.2) is 29.3 Å². The van der Waals surface area contributed by atoms with Gasteiger partial charge in [-0.05, 0) is 25.0 Å². The Hall–Kier alpha value is -1.95. The summed E-state index contributed by atoms with van der Waals surface area (Å²) in [7, 11) is 0. The van der Waals surface area contributed by atoms with Gasteiger partial charge in [0.15, 0.2) is 5.82 Å². The molecule has 3 rings (SSSR count).